The fourth-order valence-electron chi connectivity index (χ4n) is 3.02. The van der Waals surface area contributed by atoms with Gasteiger partial charge in [-0.3, -0.25) is 4.79 Å². The third-order valence-corrected chi connectivity index (χ3v) is 6.60. The minimum Gasteiger partial charge on any atom is -0.481 e. The Kier molecular flexibility index (Phi) is 6.26. The molecule has 10 heteroatoms. The number of carbonyl (C=O) groups is 1. The Morgan fingerprint density at radius 1 is 1.29 bits per heavy atom. The molecule has 1 fully saturated rings. The minimum atomic E-state index is -3.50. The van der Waals surface area contributed by atoms with Crippen molar-refractivity contribution in [2.24, 2.45) is 0 Å². The van der Waals surface area contributed by atoms with Gasteiger partial charge in [0.2, 0.25) is 10.0 Å². The van der Waals surface area contributed by atoms with Crippen LogP contribution >= 0.6 is 11.6 Å². The molecule has 2 aromatic rings. The first-order valence-corrected chi connectivity index (χ1v) is 10.8. The van der Waals surface area contributed by atoms with Crippen LogP contribution in [0.15, 0.2) is 35.1 Å². The molecule has 1 aliphatic rings. The third-order valence-electron chi connectivity index (χ3n) is 4.55. The molecule has 1 aromatic carbocycles. The number of piperazine rings is 1. The second kappa shape index (κ2) is 8.50. The van der Waals surface area contributed by atoms with Crippen LogP contribution in [0.25, 0.3) is 0 Å². The number of aromatic nitrogens is 1. The van der Waals surface area contributed by atoms with E-state index in [1.54, 1.807) is 30.0 Å². The maximum Gasteiger partial charge on any atom is 0.263 e. The first-order chi connectivity index (χ1) is 13.3. The highest BCUT2D eigenvalue weighted by atomic mass is 35.5. The van der Waals surface area contributed by atoms with Gasteiger partial charge in [0, 0.05) is 37.3 Å². The summed E-state index contributed by atoms with van der Waals surface area (Å²) in [7, 11) is -3.50. The zero-order valence-corrected chi connectivity index (χ0v) is 17.2. The smallest absolute Gasteiger partial charge is 0.263 e. The van der Waals surface area contributed by atoms with Gasteiger partial charge in [0.25, 0.3) is 5.91 Å². The number of rotatable bonds is 6. The predicted molar refractivity (Wildman–Crippen MR) is 104 cm³/mol. The van der Waals surface area contributed by atoms with Crippen LogP contribution < -0.4 is 4.74 Å². The predicted octanol–water partition coefficient (Wildman–Crippen LogP) is 2.08. The molecule has 3 rings (SSSR count). The van der Waals surface area contributed by atoms with Gasteiger partial charge in [-0.15, -0.1) is 0 Å². The second-order valence-corrected chi connectivity index (χ2v) is 9.05. The van der Waals surface area contributed by atoms with Crippen LogP contribution in [-0.2, 0) is 20.6 Å². The monoisotopic (exact) mass is 427 g/mol. The lowest BCUT2D eigenvalue weighted by Crippen LogP contribution is -2.53. The van der Waals surface area contributed by atoms with E-state index >= 15 is 0 Å². The summed E-state index contributed by atoms with van der Waals surface area (Å²) in [5, 5.41) is 4.25. The maximum atomic E-state index is 12.7. The molecule has 152 valence electrons. The van der Waals surface area contributed by atoms with Crippen LogP contribution in [0, 0.1) is 6.92 Å². The minimum absolute atomic E-state index is 0.178. The highest BCUT2D eigenvalue weighted by molar-refractivity contribution is 7.88. The quantitative estimate of drug-likeness (QED) is 0.700. The third kappa shape index (κ3) is 4.84. The molecule has 8 nitrogen and oxygen atoms in total. The highest BCUT2D eigenvalue weighted by Crippen LogP contribution is 2.23. The second-order valence-electron chi connectivity index (χ2n) is 6.64. The van der Waals surface area contributed by atoms with Crippen molar-refractivity contribution in [2.75, 3.05) is 26.2 Å². The molecule has 0 spiro atoms. The van der Waals surface area contributed by atoms with Crippen molar-refractivity contribution in [3.63, 3.8) is 0 Å². The lowest BCUT2D eigenvalue weighted by molar-refractivity contribution is -0.139. The van der Waals surface area contributed by atoms with Crippen LogP contribution in [0.4, 0.5) is 0 Å². The molecule has 0 N–H and O–H groups in total. The van der Waals surface area contributed by atoms with E-state index in [1.165, 1.54) is 16.6 Å². The van der Waals surface area contributed by atoms with Crippen LogP contribution in [0.5, 0.6) is 5.75 Å². The van der Waals surface area contributed by atoms with E-state index in [9.17, 15) is 13.2 Å². The number of ether oxygens (including phenoxy) is 1. The van der Waals surface area contributed by atoms with Crippen LogP contribution in [0.3, 0.4) is 0 Å². The summed E-state index contributed by atoms with van der Waals surface area (Å²) in [4.78, 5) is 14.3. The summed E-state index contributed by atoms with van der Waals surface area (Å²) in [5.41, 5.74) is 1.20. The number of hydrogen-bond acceptors (Lipinski definition) is 6. The van der Waals surface area contributed by atoms with Crippen molar-refractivity contribution >= 4 is 27.5 Å². The molecule has 1 saturated heterocycles. The van der Waals surface area contributed by atoms with Gasteiger partial charge in [0.1, 0.15) is 17.8 Å². The van der Waals surface area contributed by atoms with Gasteiger partial charge in [0.05, 0.1) is 5.69 Å². The molecule has 1 unspecified atom stereocenters. The molecular formula is C18H22ClN3O5S. The van der Waals surface area contributed by atoms with Crippen molar-refractivity contribution in [3.8, 4) is 5.75 Å². The van der Waals surface area contributed by atoms with Crippen molar-refractivity contribution < 1.29 is 22.5 Å². The van der Waals surface area contributed by atoms with Gasteiger partial charge in [-0.05, 0) is 37.6 Å². The molecule has 2 heterocycles. The number of benzene rings is 1. The number of sulfonamides is 1. The van der Waals surface area contributed by atoms with Crippen molar-refractivity contribution in [2.45, 2.75) is 25.7 Å². The Balaban J connectivity index is 1.55. The summed E-state index contributed by atoms with van der Waals surface area (Å²) < 4.78 is 36.8. The average molecular weight is 428 g/mol. The SMILES string of the molecule is Cc1cc(Cl)ccc1OC(C)C(=O)N1CCN(S(=O)(=O)Cc2ccon2)CC1. The highest BCUT2D eigenvalue weighted by Gasteiger charge is 2.31. The molecule has 0 bridgehead atoms. The van der Waals surface area contributed by atoms with Gasteiger partial charge in [-0.2, -0.15) is 4.31 Å². The molecular weight excluding hydrogens is 406 g/mol. The lowest BCUT2D eigenvalue weighted by atomic mass is 10.2. The van der Waals surface area contributed by atoms with Gasteiger partial charge < -0.3 is 14.2 Å². The standard InChI is InChI=1S/C18H22ClN3O5S/c1-13-11-15(19)3-4-17(13)27-14(2)18(23)21-6-8-22(9-7-21)28(24,25)12-16-5-10-26-20-16/h3-5,10-11,14H,6-9,12H2,1-2H3. The number of aryl methyl sites for hydroxylation is 1. The van der Waals surface area contributed by atoms with Gasteiger partial charge in [-0.1, -0.05) is 16.8 Å². The Labute approximate surface area is 169 Å². The van der Waals surface area contributed by atoms with E-state index in [1.807, 2.05) is 6.92 Å². The van der Waals surface area contributed by atoms with E-state index in [2.05, 4.69) is 9.68 Å². The number of hydrogen-bond donors (Lipinski definition) is 0. The van der Waals surface area contributed by atoms with E-state index in [0.29, 0.717) is 29.6 Å². The first kappa shape index (κ1) is 20.6. The average Bonchev–Trinajstić information content (AvgIpc) is 3.15. The van der Waals surface area contributed by atoms with Crippen LogP contribution in [-0.4, -0.2) is 61.0 Å². The summed E-state index contributed by atoms with van der Waals surface area (Å²) in [6.07, 6.45) is 0.656. The van der Waals surface area contributed by atoms with Gasteiger partial charge in [0.15, 0.2) is 6.10 Å². The number of carbonyl (C=O) groups excluding carboxylic acids is 1. The van der Waals surface area contributed by atoms with E-state index in [0.717, 1.165) is 5.56 Å². The lowest BCUT2D eigenvalue weighted by Gasteiger charge is -2.35. The molecule has 28 heavy (non-hydrogen) atoms. The van der Waals surface area contributed by atoms with Crippen molar-refractivity contribution in [3.05, 3.63) is 46.8 Å². The molecule has 1 aromatic heterocycles. The Morgan fingerprint density at radius 2 is 2.00 bits per heavy atom. The molecule has 1 atom stereocenters. The normalized spacial score (nSPS) is 16.8. The molecule has 0 aliphatic carbocycles. The van der Waals surface area contributed by atoms with Crippen LogP contribution in [0.2, 0.25) is 5.02 Å². The molecule has 0 saturated carbocycles. The molecule has 1 amide bonds. The first-order valence-electron chi connectivity index (χ1n) is 8.85. The van der Waals surface area contributed by atoms with Crippen LogP contribution in [0.1, 0.15) is 18.2 Å². The number of halogens is 1. The fraction of sp³-hybridized carbons (Fsp3) is 0.444. The van der Waals surface area contributed by atoms with Gasteiger partial charge in [-0.25, -0.2) is 8.42 Å². The summed E-state index contributed by atoms with van der Waals surface area (Å²) >= 11 is 5.94. The Morgan fingerprint density at radius 3 is 2.61 bits per heavy atom. The van der Waals surface area contributed by atoms with Crippen molar-refractivity contribution in [1.82, 2.24) is 14.4 Å². The van der Waals surface area contributed by atoms with Crippen molar-refractivity contribution in [1.29, 1.82) is 0 Å². The summed E-state index contributed by atoms with van der Waals surface area (Å²) in [6.45, 7) is 4.63. The summed E-state index contributed by atoms with van der Waals surface area (Å²) in [6, 6.07) is 6.73. The zero-order chi connectivity index (χ0) is 20.3. The van der Waals surface area contributed by atoms with E-state index in [4.69, 9.17) is 16.3 Å². The molecule has 1 aliphatic heterocycles. The summed E-state index contributed by atoms with van der Waals surface area (Å²) in [5.74, 6) is 0.203. The Bertz CT molecular complexity index is 925. The topological polar surface area (TPSA) is 93.0 Å². The molecule has 0 radical (unpaired) electrons. The largest absolute Gasteiger partial charge is 0.481 e. The van der Waals surface area contributed by atoms with E-state index < -0.39 is 16.1 Å². The Hall–Kier alpha value is -2.10. The number of nitrogens with zero attached hydrogens (tertiary/aromatic N) is 3. The fourth-order valence-corrected chi connectivity index (χ4v) is 4.67. The maximum absolute atomic E-state index is 12.7. The number of amides is 1. The van der Waals surface area contributed by atoms with Gasteiger partial charge >= 0.3 is 0 Å². The van der Waals surface area contributed by atoms with E-state index in [-0.39, 0.29) is 24.7 Å². The zero-order valence-electron chi connectivity index (χ0n) is 15.7.